The molecular formula is C18H19N3O2. The van der Waals surface area contributed by atoms with Crippen LogP contribution in [0.15, 0.2) is 48.8 Å². The largest absolute Gasteiger partial charge is 0.494 e. The minimum atomic E-state index is -0.108. The van der Waals surface area contributed by atoms with Crippen LogP contribution in [-0.4, -0.2) is 22.5 Å². The van der Waals surface area contributed by atoms with E-state index in [2.05, 4.69) is 15.3 Å². The lowest BCUT2D eigenvalue weighted by Gasteiger charge is -2.15. The highest BCUT2D eigenvalue weighted by Gasteiger charge is 2.12. The van der Waals surface area contributed by atoms with E-state index in [1.807, 2.05) is 50.2 Å². The Kier molecular flexibility index (Phi) is 4.28. The molecule has 1 atom stereocenters. The molecule has 0 fully saturated rings. The zero-order valence-electron chi connectivity index (χ0n) is 13.2. The summed E-state index contributed by atoms with van der Waals surface area (Å²) in [6.45, 7) is 4.55. The SMILES string of the molecule is CCOc1ccc([C@H](C)NC(=O)c2ccc3nc[nH]c3c2)cc1. The summed E-state index contributed by atoms with van der Waals surface area (Å²) in [6, 6.07) is 13.1. The molecule has 118 valence electrons. The highest BCUT2D eigenvalue weighted by atomic mass is 16.5. The van der Waals surface area contributed by atoms with E-state index in [1.165, 1.54) is 0 Å². The van der Waals surface area contributed by atoms with Crippen LogP contribution in [0, 0.1) is 0 Å². The van der Waals surface area contributed by atoms with E-state index in [4.69, 9.17) is 4.74 Å². The van der Waals surface area contributed by atoms with Crippen molar-refractivity contribution in [3.8, 4) is 5.75 Å². The van der Waals surface area contributed by atoms with Gasteiger partial charge in [0.25, 0.3) is 5.91 Å². The highest BCUT2D eigenvalue weighted by molar-refractivity contribution is 5.97. The maximum absolute atomic E-state index is 12.4. The first-order valence-electron chi connectivity index (χ1n) is 7.64. The average Bonchev–Trinajstić information content (AvgIpc) is 3.03. The lowest BCUT2D eigenvalue weighted by molar-refractivity contribution is 0.0940. The fourth-order valence-corrected chi connectivity index (χ4v) is 2.46. The summed E-state index contributed by atoms with van der Waals surface area (Å²) in [6.07, 6.45) is 1.62. The van der Waals surface area contributed by atoms with Gasteiger partial charge in [0.15, 0.2) is 0 Å². The second-order valence-corrected chi connectivity index (χ2v) is 5.33. The van der Waals surface area contributed by atoms with Crippen LogP contribution in [0.2, 0.25) is 0 Å². The first kappa shape index (κ1) is 15.1. The molecular weight excluding hydrogens is 290 g/mol. The molecule has 3 rings (SSSR count). The molecule has 2 aromatic carbocycles. The maximum Gasteiger partial charge on any atom is 0.251 e. The fraction of sp³-hybridized carbons (Fsp3) is 0.222. The summed E-state index contributed by atoms with van der Waals surface area (Å²) in [5, 5.41) is 3.01. The van der Waals surface area contributed by atoms with Gasteiger partial charge < -0.3 is 15.0 Å². The Morgan fingerprint density at radius 1 is 1.26 bits per heavy atom. The van der Waals surface area contributed by atoms with Crippen molar-refractivity contribution < 1.29 is 9.53 Å². The number of aromatic nitrogens is 2. The minimum Gasteiger partial charge on any atom is -0.494 e. The van der Waals surface area contributed by atoms with Crippen LogP contribution in [0.3, 0.4) is 0 Å². The molecule has 5 nitrogen and oxygen atoms in total. The van der Waals surface area contributed by atoms with Gasteiger partial charge in [-0.2, -0.15) is 0 Å². The van der Waals surface area contributed by atoms with Crippen LogP contribution in [0.25, 0.3) is 11.0 Å². The Balaban J connectivity index is 1.70. The molecule has 0 unspecified atom stereocenters. The second-order valence-electron chi connectivity index (χ2n) is 5.33. The van der Waals surface area contributed by atoms with Gasteiger partial charge in [-0.1, -0.05) is 12.1 Å². The third kappa shape index (κ3) is 3.34. The van der Waals surface area contributed by atoms with Crippen molar-refractivity contribution >= 4 is 16.9 Å². The predicted molar refractivity (Wildman–Crippen MR) is 89.6 cm³/mol. The quantitative estimate of drug-likeness (QED) is 0.758. The number of amides is 1. The number of hydrogen-bond acceptors (Lipinski definition) is 3. The monoisotopic (exact) mass is 309 g/mol. The van der Waals surface area contributed by atoms with E-state index in [-0.39, 0.29) is 11.9 Å². The van der Waals surface area contributed by atoms with Crippen LogP contribution >= 0.6 is 0 Å². The summed E-state index contributed by atoms with van der Waals surface area (Å²) in [4.78, 5) is 19.6. The van der Waals surface area contributed by atoms with Crippen LogP contribution < -0.4 is 10.1 Å². The van der Waals surface area contributed by atoms with Crippen LogP contribution in [0.5, 0.6) is 5.75 Å². The van der Waals surface area contributed by atoms with Gasteiger partial charge in [0.2, 0.25) is 0 Å². The Bertz CT molecular complexity index is 809. The normalized spacial score (nSPS) is 12.1. The molecule has 2 N–H and O–H groups in total. The summed E-state index contributed by atoms with van der Waals surface area (Å²) >= 11 is 0. The van der Waals surface area contributed by atoms with Crippen LogP contribution in [-0.2, 0) is 0 Å². The van der Waals surface area contributed by atoms with Crippen LogP contribution in [0.4, 0.5) is 0 Å². The highest BCUT2D eigenvalue weighted by Crippen LogP contribution is 2.18. The summed E-state index contributed by atoms with van der Waals surface area (Å²) in [7, 11) is 0. The van der Waals surface area contributed by atoms with Gasteiger partial charge in [-0.3, -0.25) is 4.79 Å². The van der Waals surface area contributed by atoms with Crippen molar-refractivity contribution in [2.24, 2.45) is 0 Å². The number of carbonyl (C=O) groups is 1. The van der Waals surface area contributed by atoms with Gasteiger partial charge in [0.05, 0.1) is 30.0 Å². The number of H-pyrrole nitrogens is 1. The van der Waals surface area contributed by atoms with Crippen LogP contribution in [0.1, 0.15) is 35.8 Å². The van der Waals surface area contributed by atoms with Crippen molar-refractivity contribution in [2.45, 2.75) is 19.9 Å². The van der Waals surface area contributed by atoms with Gasteiger partial charge in [0.1, 0.15) is 5.75 Å². The zero-order chi connectivity index (χ0) is 16.2. The van der Waals surface area contributed by atoms with Gasteiger partial charge in [-0.15, -0.1) is 0 Å². The molecule has 5 heteroatoms. The van der Waals surface area contributed by atoms with Crippen molar-refractivity contribution in [2.75, 3.05) is 6.61 Å². The molecule has 0 bridgehead atoms. The fourth-order valence-electron chi connectivity index (χ4n) is 2.46. The smallest absolute Gasteiger partial charge is 0.251 e. The number of carbonyl (C=O) groups excluding carboxylic acids is 1. The van der Waals surface area contributed by atoms with E-state index in [0.29, 0.717) is 12.2 Å². The molecule has 23 heavy (non-hydrogen) atoms. The first-order valence-corrected chi connectivity index (χ1v) is 7.64. The maximum atomic E-state index is 12.4. The number of ether oxygens (including phenoxy) is 1. The number of nitrogens with one attached hydrogen (secondary N) is 2. The zero-order valence-corrected chi connectivity index (χ0v) is 13.2. The Labute approximate surface area is 134 Å². The number of nitrogens with zero attached hydrogens (tertiary/aromatic N) is 1. The predicted octanol–water partition coefficient (Wildman–Crippen LogP) is 3.45. The third-order valence-corrected chi connectivity index (χ3v) is 3.72. The Morgan fingerprint density at radius 3 is 2.78 bits per heavy atom. The van der Waals surface area contributed by atoms with E-state index in [9.17, 15) is 4.79 Å². The number of aromatic amines is 1. The second kappa shape index (κ2) is 6.52. The van der Waals surface area contributed by atoms with Crippen molar-refractivity contribution in [3.63, 3.8) is 0 Å². The minimum absolute atomic E-state index is 0.0874. The lowest BCUT2D eigenvalue weighted by atomic mass is 10.1. The Morgan fingerprint density at radius 2 is 2.04 bits per heavy atom. The molecule has 0 spiro atoms. The number of fused-ring (bicyclic) bond motifs is 1. The van der Waals surface area contributed by atoms with E-state index < -0.39 is 0 Å². The molecule has 0 radical (unpaired) electrons. The third-order valence-electron chi connectivity index (χ3n) is 3.72. The van der Waals surface area contributed by atoms with E-state index in [1.54, 1.807) is 12.4 Å². The number of imidazole rings is 1. The Hall–Kier alpha value is -2.82. The van der Waals surface area contributed by atoms with Crippen molar-refractivity contribution in [1.82, 2.24) is 15.3 Å². The number of rotatable bonds is 5. The number of benzene rings is 2. The summed E-state index contributed by atoms with van der Waals surface area (Å²) < 4.78 is 5.43. The standard InChI is InChI=1S/C18H19N3O2/c1-3-23-15-7-4-13(5-8-15)12(2)21-18(22)14-6-9-16-17(10-14)20-11-19-16/h4-12H,3H2,1-2H3,(H,19,20)(H,21,22)/t12-/m0/s1. The van der Waals surface area contributed by atoms with Gasteiger partial charge >= 0.3 is 0 Å². The summed E-state index contributed by atoms with van der Waals surface area (Å²) in [5.74, 6) is 0.724. The van der Waals surface area contributed by atoms with E-state index in [0.717, 1.165) is 22.3 Å². The molecule has 3 aromatic rings. The molecule has 1 heterocycles. The molecule has 0 saturated heterocycles. The molecule has 0 saturated carbocycles. The summed E-state index contributed by atoms with van der Waals surface area (Å²) in [5.41, 5.74) is 3.34. The van der Waals surface area contributed by atoms with Gasteiger partial charge in [-0.05, 0) is 49.7 Å². The van der Waals surface area contributed by atoms with Gasteiger partial charge in [0, 0.05) is 5.56 Å². The molecule has 0 aliphatic heterocycles. The molecule has 0 aliphatic carbocycles. The molecule has 0 aliphatic rings. The first-order chi connectivity index (χ1) is 11.2. The topological polar surface area (TPSA) is 67.0 Å². The molecule has 1 amide bonds. The number of hydrogen-bond donors (Lipinski definition) is 2. The average molecular weight is 309 g/mol. The van der Waals surface area contributed by atoms with Crippen molar-refractivity contribution in [3.05, 3.63) is 59.9 Å². The van der Waals surface area contributed by atoms with E-state index >= 15 is 0 Å². The lowest BCUT2D eigenvalue weighted by Crippen LogP contribution is -2.26. The van der Waals surface area contributed by atoms with Gasteiger partial charge in [-0.25, -0.2) is 4.98 Å². The molecule has 1 aromatic heterocycles. The van der Waals surface area contributed by atoms with Crippen molar-refractivity contribution in [1.29, 1.82) is 0 Å².